The van der Waals surface area contributed by atoms with Gasteiger partial charge in [-0.3, -0.25) is 9.59 Å². The highest BCUT2D eigenvalue weighted by molar-refractivity contribution is 9.10. The fraction of sp³-hybridized carbons (Fsp3) is 0.143. The van der Waals surface area contributed by atoms with E-state index in [4.69, 9.17) is 4.74 Å². The lowest BCUT2D eigenvalue weighted by molar-refractivity contribution is -0.116. The number of amides is 2. The largest absolute Gasteiger partial charge is 0.438 e. The van der Waals surface area contributed by atoms with E-state index in [0.717, 1.165) is 10.0 Å². The SMILES string of the molecule is Cc1ccnc(NC(=O)CN(C)C(=O)c2cccnc2Oc2ccc(Br)cc2)c1. The van der Waals surface area contributed by atoms with Gasteiger partial charge < -0.3 is 15.0 Å². The van der Waals surface area contributed by atoms with Gasteiger partial charge in [-0.25, -0.2) is 9.97 Å². The van der Waals surface area contributed by atoms with Gasteiger partial charge in [0.25, 0.3) is 5.91 Å². The molecular formula is C21H19BrN4O3. The van der Waals surface area contributed by atoms with Crippen LogP contribution in [-0.2, 0) is 4.79 Å². The molecule has 3 aromatic rings. The van der Waals surface area contributed by atoms with Crippen molar-refractivity contribution < 1.29 is 14.3 Å². The fourth-order valence-corrected chi connectivity index (χ4v) is 2.79. The van der Waals surface area contributed by atoms with Crippen LogP contribution >= 0.6 is 15.9 Å². The Hall–Kier alpha value is -3.26. The summed E-state index contributed by atoms with van der Waals surface area (Å²) in [5.41, 5.74) is 1.24. The lowest BCUT2D eigenvalue weighted by atomic mass is 10.2. The van der Waals surface area contributed by atoms with Crippen LogP contribution in [-0.4, -0.2) is 40.3 Å². The molecule has 0 bridgehead atoms. The van der Waals surface area contributed by atoms with Crippen LogP contribution in [0.1, 0.15) is 15.9 Å². The predicted molar refractivity (Wildman–Crippen MR) is 113 cm³/mol. The number of likely N-dealkylation sites (N-methyl/N-ethyl adjacent to an activating group) is 1. The number of benzene rings is 1. The van der Waals surface area contributed by atoms with Crippen LogP contribution in [0.2, 0.25) is 0 Å². The van der Waals surface area contributed by atoms with Crippen molar-refractivity contribution in [3.63, 3.8) is 0 Å². The second kappa shape index (κ2) is 9.29. The Morgan fingerprint density at radius 3 is 2.59 bits per heavy atom. The summed E-state index contributed by atoms with van der Waals surface area (Å²) in [5.74, 6) is 0.437. The summed E-state index contributed by atoms with van der Waals surface area (Å²) in [6, 6.07) is 14.0. The van der Waals surface area contributed by atoms with Gasteiger partial charge in [0, 0.05) is 23.9 Å². The topological polar surface area (TPSA) is 84.4 Å². The first kappa shape index (κ1) is 20.5. The normalized spacial score (nSPS) is 10.3. The van der Waals surface area contributed by atoms with Crippen LogP contribution in [0.4, 0.5) is 5.82 Å². The maximum absolute atomic E-state index is 12.9. The van der Waals surface area contributed by atoms with Crippen LogP contribution in [0.3, 0.4) is 0 Å². The minimum Gasteiger partial charge on any atom is -0.438 e. The molecule has 8 heteroatoms. The number of ether oxygens (including phenoxy) is 1. The number of anilines is 1. The first-order chi connectivity index (χ1) is 13.9. The number of carbonyl (C=O) groups is 2. The summed E-state index contributed by atoms with van der Waals surface area (Å²) >= 11 is 3.36. The smallest absolute Gasteiger partial charge is 0.259 e. The van der Waals surface area contributed by atoms with Crippen LogP contribution < -0.4 is 10.1 Å². The molecular weight excluding hydrogens is 436 g/mol. The van der Waals surface area contributed by atoms with Crippen molar-refractivity contribution in [3.05, 3.63) is 76.5 Å². The van der Waals surface area contributed by atoms with Gasteiger partial charge in [-0.05, 0) is 61.0 Å². The van der Waals surface area contributed by atoms with Crippen molar-refractivity contribution in [2.75, 3.05) is 18.9 Å². The molecule has 0 saturated carbocycles. The molecule has 0 saturated heterocycles. The van der Waals surface area contributed by atoms with Crippen LogP contribution in [0, 0.1) is 6.92 Å². The molecule has 2 amide bonds. The average molecular weight is 455 g/mol. The van der Waals surface area contributed by atoms with E-state index in [1.165, 1.54) is 4.90 Å². The highest BCUT2D eigenvalue weighted by Crippen LogP contribution is 2.25. The number of aryl methyl sites for hydroxylation is 1. The molecule has 1 aromatic carbocycles. The predicted octanol–water partition coefficient (Wildman–Crippen LogP) is 4.05. The third kappa shape index (κ3) is 5.61. The van der Waals surface area contributed by atoms with Gasteiger partial charge in [0.1, 0.15) is 17.1 Å². The molecule has 0 aliphatic rings. The Morgan fingerprint density at radius 2 is 1.86 bits per heavy atom. The van der Waals surface area contributed by atoms with E-state index in [9.17, 15) is 9.59 Å². The third-order valence-electron chi connectivity index (χ3n) is 3.94. The van der Waals surface area contributed by atoms with Crippen molar-refractivity contribution >= 4 is 33.6 Å². The Balaban J connectivity index is 1.69. The maximum Gasteiger partial charge on any atom is 0.259 e. The van der Waals surface area contributed by atoms with Crippen molar-refractivity contribution in [1.82, 2.24) is 14.9 Å². The first-order valence-electron chi connectivity index (χ1n) is 8.79. The van der Waals surface area contributed by atoms with Gasteiger partial charge in [-0.15, -0.1) is 0 Å². The minimum atomic E-state index is -0.377. The van der Waals surface area contributed by atoms with E-state index in [0.29, 0.717) is 11.6 Å². The number of aromatic nitrogens is 2. The summed E-state index contributed by atoms with van der Waals surface area (Å²) in [4.78, 5) is 34.7. The molecule has 0 aliphatic heterocycles. The van der Waals surface area contributed by atoms with Crippen molar-refractivity contribution in [1.29, 1.82) is 0 Å². The van der Waals surface area contributed by atoms with Gasteiger partial charge in [-0.2, -0.15) is 0 Å². The number of rotatable bonds is 6. The summed E-state index contributed by atoms with van der Waals surface area (Å²) in [6.07, 6.45) is 3.16. The fourth-order valence-electron chi connectivity index (χ4n) is 2.53. The van der Waals surface area contributed by atoms with Gasteiger partial charge in [0.15, 0.2) is 0 Å². The summed E-state index contributed by atoms with van der Waals surface area (Å²) < 4.78 is 6.67. The monoisotopic (exact) mass is 454 g/mol. The minimum absolute atomic E-state index is 0.138. The zero-order valence-electron chi connectivity index (χ0n) is 15.9. The van der Waals surface area contributed by atoms with Gasteiger partial charge >= 0.3 is 0 Å². The van der Waals surface area contributed by atoms with E-state index >= 15 is 0 Å². The average Bonchev–Trinajstić information content (AvgIpc) is 2.69. The first-order valence-corrected chi connectivity index (χ1v) is 9.58. The third-order valence-corrected chi connectivity index (χ3v) is 4.47. The Bertz CT molecular complexity index is 1020. The number of nitrogens with zero attached hydrogens (tertiary/aromatic N) is 3. The second-order valence-corrected chi connectivity index (χ2v) is 7.26. The second-order valence-electron chi connectivity index (χ2n) is 6.34. The molecule has 0 atom stereocenters. The van der Waals surface area contributed by atoms with Gasteiger partial charge in [0.2, 0.25) is 11.8 Å². The number of carbonyl (C=O) groups excluding carboxylic acids is 2. The molecule has 148 valence electrons. The summed E-state index contributed by atoms with van der Waals surface area (Å²) in [7, 11) is 1.54. The zero-order chi connectivity index (χ0) is 20.8. The number of pyridine rings is 2. The lowest BCUT2D eigenvalue weighted by Gasteiger charge is -2.18. The molecule has 2 aromatic heterocycles. The number of hydrogen-bond acceptors (Lipinski definition) is 5. The standard InChI is InChI=1S/C21H19BrN4O3/c1-14-9-11-23-18(12-14)25-19(27)13-26(2)21(28)17-4-3-10-24-20(17)29-16-7-5-15(22)6-8-16/h3-12H,13H2,1-2H3,(H,23,25,27). The van der Waals surface area contributed by atoms with Gasteiger partial charge in [0.05, 0.1) is 6.54 Å². The molecule has 1 N–H and O–H groups in total. The number of hydrogen-bond donors (Lipinski definition) is 1. The van der Waals surface area contributed by atoms with Gasteiger partial charge in [-0.1, -0.05) is 15.9 Å². The Labute approximate surface area is 176 Å². The van der Waals surface area contributed by atoms with Crippen LogP contribution in [0.5, 0.6) is 11.6 Å². The van der Waals surface area contributed by atoms with E-state index in [1.807, 2.05) is 25.1 Å². The number of nitrogens with one attached hydrogen (secondary N) is 1. The molecule has 0 unspecified atom stereocenters. The Kier molecular flexibility index (Phi) is 6.56. The molecule has 7 nitrogen and oxygen atoms in total. The van der Waals surface area contributed by atoms with Crippen molar-refractivity contribution in [3.8, 4) is 11.6 Å². The van der Waals surface area contributed by atoms with Crippen LogP contribution in [0.25, 0.3) is 0 Å². The van der Waals surface area contributed by atoms with E-state index in [1.54, 1.807) is 49.8 Å². The molecule has 0 fully saturated rings. The highest BCUT2D eigenvalue weighted by Gasteiger charge is 2.20. The van der Waals surface area contributed by atoms with E-state index < -0.39 is 0 Å². The molecule has 3 rings (SSSR count). The molecule has 0 spiro atoms. The molecule has 29 heavy (non-hydrogen) atoms. The highest BCUT2D eigenvalue weighted by atomic mass is 79.9. The quantitative estimate of drug-likeness (QED) is 0.607. The summed E-state index contributed by atoms with van der Waals surface area (Å²) in [5, 5.41) is 2.68. The van der Waals surface area contributed by atoms with Crippen molar-refractivity contribution in [2.45, 2.75) is 6.92 Å². The number of halogens is 1. The Morgan fingerprint density at radius 1 is 1.10 bits per heavy atom. The molecule has 0 aliphatic carbocycles. The lowest BCUT2D eigenvalue weighted by Crippen LogP contribution is -2.35. The zero-order valence-corrected chi connectivity index (χ0v) is 17.5. The van der Waals surface area contributed by atoms with Crippen LogP contribution in [0.15, 0.2) is 65.4 Å². The van der Waals surface area contributed by atoms with E-state index in [2.05, 4.69) is 31.2 Å². The molecule has 2 heterocycles. The van der Waals surface area contributed by atoms with Crippen molar-refractivity contribution in [2.24, 2.45) is 0 Å². The van der Waals surface area contributed by atoms with E-state index in [-0.39, 0.29) is 29.8 Å². The maximum atomic E-state index is 12.9. The molecule has 0 radical (unpaired) electrons. The summed E-state index contributed by atoms with van der Waals surface area (Å²) in [6.45, 7) is 1.77.